The van der Waals surface area contributed by atoms with Crippen molar-refractivity contribution in [2.24, 2.45) is 0 Å². The van der Waals surface area contributed by atoms with E-state index in [2.05, 4.69) is 20.9 Å². The van der Waals surface area contributed by atoms with Gasteiger partial charge in [0.25, 0.3) is 0 Å². The van der Waals surface area contributed by atoms with E-state index in [1.807, 2.05) is 24.3 Å². The average molecular weight is 376 g/mol. The van der Waals surface area contributed by atoms with Crippen LogP contribution in [-0.2, 0) is 0 Å². The van der Waals surface area contributed by atoms with E-state index in [-0.39, 0.29) is 6.10 Å². The maximum atomic E-state index is 8.90. The topological polar surface area (TPSA) is 80.5 Å². The number of hydrogen-bond donors (Lipinski definition) is 0. The quantitative estimate of drug-likeness (QED) is 0.676. The number of ether oxygens (including phenoxy) is 3. The molecule has 1 saturated heterocycles. The Kier molecular flexibility index (Phi) is 4.85. The van der Waals surface area contributed by atoms with Crippen molar-refractivity contribution >= 4 is 16.7 Å². The van der Waals surface area contributed by atoms with Crippen molar-refractivity contribution in [1.82, 2.24) is 9.97 Å². The number of benzene rings is 2. The summed E-state index contributed by atoms with van der Waals surface area (Å²) >= 11 is 0. The van der Waals surface area contributed by atoms with Gasteiger partial charge in [-0.15, -0.1) is 0 Å². The molecule has 1 aliphatic rings. The molecule has 7 heteroatoms. The summed E-state index contributed by atoms with van der Waals surface area (Å²) < 4.78 is 16.9. The van der Waals surface area contributed by atoms with Crippen LogP contribution in [0.3, 0.4) is 0 Å². The minimum absolute atomic E-state index is 0.0538. The molecule has 2 heterocycles. The van der Waals surface area contributed by atoms with Crippen molar-refractivity contribution < 1.29 is 14.2 Å². The molecule has 1 aromatic heterocycles. The number of fused-ring (bicyclic) bond motifs is 1. The van der Waals surface area contributed by atoms with E-state index in [0.717, 1.165) is 42.0 Å². The predicted molar refractivity (Wildman–Crippen MR) is 105 cm³/mol. The van der Waals surface area contributed by atoms with Crippen molar-refractivity contribution in [1.29, 1.82) is 5.26 Å². The molecule has 0 aliphatic carbocycles. The second kappa shape index (κ2) is 7.61. The van der Waals surface area contributed by atoms with Gasteiger partial charge in [-0.3, -0.25) is 0 Å². The summed E-state index contributed by atoms with van der Waals surface area (Å²) in [5.74, 6) is 2.92. The van der Waals surface area contributed by atoms with Gasteiger partial charge in [-0.25, -0.2) is 9.97 Å². The maximum absolute atomic E-state index is 8.90. The third-order valence-electron chi connectivity index (χ3n) is 4.85. The highest BCUT2D eigenvalue weighted by molar-refractivity contribution is 5.92. The van der Waals surface area contributed by atoms with Gasteiger partial charge in [0.1, 0.15) is 24.0 Å². The smallest absolute Gasteiger partial charge is 0.162 e. The first-order valence-corrected chi connectivity index (χ1v) is 9.00. The fourth-order valence-corrected chi connectivity index (χ4v) is 3.44. The molecule has 0 spiro atoms. The highest BCUT2D eigenvalue weighted by Gasteiger charge is 2.27. The Morgan fingerprint density at radius 2 is 1.82 bits per heavy atom. The zero-order valence-electron chi connectivity index (χ0n) is 15.8. The van der Waals surface area contributed by atoms with Gasteiger partial charge in [0.2, 0.25) is 0 Å². The molecule has 0 amide bonds. The first kappa shape index (κ1) is 17.9. The summed E-state index contributed by atoms with van der Waals surface area (Å²) in [5.41, 5.74) is 1.43. The largest absolute Gasteiger partial charge is 0.493 e. The number of nitriles is 1. The Bertz CT molecular complexity index is 1030. The Labute approximate surface area is 163 Å². The molecule has 0 radical (unpaired) electrons. The molecule has 0 bridgehead atoms. The maximum Gasteiger partial charge on any atom is 0.162 e. The van der Waals surface area contributed by atoms with Gasteiger partial charge in [-0.05, 0) is 30.3 Å². The van der Waals surface area contributed by atoms with Crippen LogP contribution >= 0.6 is 0 Å². The summed E-state index contributed by atoms with van der Waals surface area (Å²) in [4.78, 5) is 11.1. The third kappa shape index (κ3) is 3.37. The van der Waals surface area contributed by atoms with E-state index in [9.17, 15) is 0 Å². The first-order valence-electron chi connectivity index (χ1n) is 9.00. The lowest BCUT2D eigenvalue weighted by molar-refractivity contribution is 0.225. The van der Waals surface area contributed by atoms with Crippen LogP contribution in [0.5, 0.6) is 17.2 Å². The summed E-state index contributed by atoms with van der Waals surface area (Å²) in [7, 11) is 3.22. The van der Waals surface area contributed by atoms with Gasteiger partial charge >= 0.3 is 0 Å². The number of hydrogen-bond acceptors (Lipinski definition) is 7. The third-order valence-corrected chi connectivity index (χ3v) is 4.85. The van der Waals surface area contributed by atoms with Crippen molar-refractivity contribution in [3.63, 3.8) is 0 Å². The van der Waals surface area contributed by atoms with Gasteiger partial charge < -0.3 is 19.1 Å². The van der Waals surface area contributed by atoms with Gasteiger partial charge in [-0.2, -0.15) is 5.26 Å². The molecule has 0 saturated carbocycles. The van der Waals surface area contributed by atoms with E-state index in [1.165, 1.54) is 0 Å². The molecule has 2 aromatic carbocycles. The molecule has 4 rings (SSSR count). The molecule has 28 heavy (non-hydrogen) atoms. The Hall–Kier alpha value is -3.53. The zero-order chi connectivity index (χ0) is 19.5. The molecule has 142 valence electrons. The second-order valence-electron chi connectivity index (χ2n) is 6.53. The van der Waals surface area contributed by atoms with Crippen LogP contribution in [0.4, 0.5) is 5.82 Å². The number of aromatic nitrogens is 2. The summed E-state index contributed by atoms with van der Waals surface area (Å²) in [6.45, 7) is 1.56. The van der Waals surface area contributed by atoms with Crippen LogP contribution in [0.1, 0.15) is 12.0 Å². The molecule has 0 N–H and O–H groups in total. The lowest BCUT2D eigenvalue weighted by Crippen LogP contribution is -2.25. The van der Waals surface area contributed by atoms with Gasteiger partial charge in [-0.1, -0.05) is 0 Å². The predicted octanol–water partition coefficient (Wildman–Crippen LogP) is 3.18. The Balaban J connectivity index is 1.56. The van der Waals surface area contributed by atoms with Gasteiger partial charge in [0.15, 0.2) is 11.5 Å². The second-order valence-corrected chi connectivity index (χ2v) is 6.53. The Morgan fingerprint density at radius 3 is 2.54 bits per heavy atom. The average Bonchev–Trinajstić information content (AvgIpc) is 3.21. The molecule has 1 aliphatic heterocycles. The van der Waals surface area contributed by atoms with E-state index in [0.29, 0.717) is 17.1 Å². The van der Waals surface area contributed by atoms with Crippen molar-refractivity contribution in [3.8, 4) is 23.3 Å². The van der Waals surface area contributed by atoms with Crippen LogP contribution in [0.2, 0.25) is 0 Å². The number of methoxy groups -OCH3 is 2. The summed E-state index contributed by atoms with van der Waals surface area (Å²) in [6.07, 6.45) is 2.51. The Morgan fingerprint density at radius 1 is 1.07 bits per heavy atom. The van der Waals surface area contributed by atoms with Crippen LogP contribution in [0.15, 0.2) is 42.7 Å². The normalized spacial score (nSPS) is 16.0. The highest BCUT2D eigenvalue weighted by Crippen LogP contribution is 2.35. The first-order chi connectivity index (χ1) is 13.7. The zero-order valence-corrected chi connectivity index (χ0v) is 15.8. The highest BCUT2D eigenvalue weighted by atomic mass is 16.5. The van der Waals surface area contributed by atoms with Crippen LogP contribution in [-0.4, -0.2) is 43.4 Å². The van der Waals surface area contributed by atoms with Crippen molar-refractivity contribution in [2.45, 2.75) is 12.5 Å². The molecular formula is C21H20N4O3. The van der Waals surface area contributed by atoms with Crippen LogP contribution in [0.25, 0.3) is 10.9 Å². The summed E-state index contributed by atoms with van der Waals surface area (Å²) in [5, 5.41) is 9.82. The van der Waals surface area contributed by atoms with Gasteiger partial charge in [0, 0.05) is 24.4 Å². The number of rotatable bonds is 5. The van der Waals surface area contributed by atoms with Gasteiger partial charge in [0.05, 0.1) is 37.9 Å². The van der Waals surface area contributed by atoms with E-state index >= 15 is 0 Å². The minimum Gasteiger partial charge on any atom is -0.493 e. The number of anilines is 1. The molecule has 1 atom stereocenters. The lowest BCUT2D eigenvalue weighted by atomic mass is 10.2. The monoisotopic (exact) mass is 376 g/mol. The van der Waals surface area contributed by atoms with E-state index in [1.54, 1.807) is 32.7 Å². The standard InChI is InChI=1S/C21H20N4O3/c1-26-19-9-17-18(10-20(19)27-2)23-13-24-21(17)25-8-7-16(12-25)28-15-5-3-14(11-22)4-6-15/h3-6,9-10,13,16H,7-8,12H2,1-2H3. The van der Waals surface area contributed by atoms with Crippen LogP contribution in [0, 0.1) is 11.3 Å². The fraction of sp³-hybridized carbons (Fsp3) is 0.286. The molecule has 7 nitrogen and oxygen atoms in total. The molecule has 1 fully saturated rings. The SMILES string of the molecule is COc1cc2ncnc(N3CCC(Oc4ccc(C#N)cc4)C3)c2cc1OC. The van der Waals surface area contributed by atoms with E-state index < -0.39 is 0 Å². The lowest BCUT2D eigenvalue weighted by Gasteiger charge is -2.20. The fourth-order valence-electron chi connectivity index (χ4n) is 3.44. The number of nitrogens with zero attached hydrogens (tertiary/aromatic N) is 4. The molecule has 1 unspecified atom stereocenters. The van der Waals surface area contributed by atoms with Crippen LogP contribution < -0.4 is 19.1 Å². The summed E-state index contributed by atoms with van der Waals surface area (Å²) in [6, 6.07) is 13.1. The van der Waals surface area contributed by atoms with Crippen molar-refractivity contribution in [3.05, 3.63) is 48.3 Å². The van der Waals surface area contributed by atoms with E-state index in [4.69, 9.17) is 19.5 Å². The molecule has 3 aromatic rings. The minimum atomic E-state index is 0.0538. The van der Waals surface area contributed by atoms with Crippen molar-refractivity contribution in [2.75, 3.05) is 32.2 Å². The molecular weight excluding hydrogens is 356 g/mol.